The molecule has 5 nitrogen and oxygen atoms in total. The third kappa shape index (κ3) is 3.14. The molecule has 106 valence electrons. The largest absolute Gasteiger partial charge is 0.392 e. The molecule has 1 N–H and O–H groups in total. The normalized spacial score (nSPS) is 25.4. The van der Waals surface area contributed by atoms with Crippen LogP contribution in [0.1, 0.15) is 19.4 Å². The van der Waals surface area contributed by atoms with Gasteiger partial charge < -0.3 is 9.84 Å². The summed E-state index contributed by atoms with van der Waals surface area (Å²) >= 11 is 0. The Kier molecular flexibility index (Phi) is 4.25. The van der Waals surface area contributed by atoms with E-state index in [1.807, 2.05) is 13.8 Å². The molecule has 0 aliphatic carbocycles. The molecule has 0 radical (unpaired) electrons. The average molecular weight is 285 g/mol. The Morgan fingerprint density at radius 2 is 1.74 bits per heavy atom. The van der Waals surface area contributed by atoms with Gasteiger partial charge in [-0.2, -0.15) is 4.31 Å². The van der Waals surface area contributed by atoms with Crippen LogP contribution in [0, 0.1) is 0 Å². The zero-order chi connectivity index (χ0) is 14.0. The van der Waals surface area contributed by atoms with Crippen molar-refractivity contribution in [3.05, 3.63) is 29.8 Å². The number of hydrogen-bond donors (Lipinski definition) is 1. The molecule has 1 aromatic carbocycles. The van der Waals surface area contributed by atoms with Gasteiger partial charge in [0.15, 0.2) is 0 Å². The molecule has 1 heterocycles. The maximum Gasteiger partial charge on any atom is 0.243 e. The van der Waals surface area contributed by atoms with Crippen LogP contribution >= 0.6 is 0 Å². The molecular weight excluding hydrogens is 266 g/mol. The summed E-state index contributed by atoms with van der Waals surface area (Å²) in [6.45, 7) is 4.38. The zero-order valence-corrected chi connectivity index (χ0v) is 11.9. The number of hydrogen-bond acceptors (Lipinski definition) is 4. The van der Waals surface area contributed by atoms with Gasteiger partial charge in [0.25, 0.3) is 0 Å². The molecule has 1 saturated heterocycles. The lowest BCUT2D eigenvalue weighted by Crippen LogP contribution is -2.48. The Balaban J connectivity index is 2.25. The molecule has 1 aromatic rings. The fraction of sp³-hybridized carbons (Fsp3) is 0.538. The van der Waals surface area contributed by atoms with Crippen molar-refractivity contribution >= 4 is 10.0 Å². The number of rotatable bonds is 3. The number of aliphatic hydroxyl groups excluding tert-OH is 1. The summed E-state index contributed by atoms with van der Waals surface area (Å²) in [5, 5.41) is 8.97. The summed E-state index contributed by atoms with van der Waals surface area (Å²) in [7, 11) is -3.48. The van der Waals surface area contributed by atoms with Crippen molar-refractivity contribution in [3.63, 3.8) is 0 Å². The van der Waals surface area contributed by atoms with E-state index in [4.69, 9.17) is 9.84 Å². The molecule has 0 spiro atoms. The molecule has 6 heteroatoms. The van der Waals surface area contributed by atoms with E-state index in [-0.39, 0.29) is 23.7 Å². The molecule has 0 amide bonds. The summed E-state index contributed by atoms with van der Waals surface area (Å²) in [6.07, 6.45) is -0.203. The van der Waals surface area contributed by atoms with Gasteiger partial charge in [0.2, 0.25) is 10.0 Å². The molecule has 1 aliphatic heterocycles. The first-order valence-corrected chi connectivity index (χ1v) is 7.73. The maximum absolute atomic E-state index is 12.5. The van der Waals surface area contributed by atoms with Crippen LogP contribution in [0.15, 0.2) is 29.2 Å². The number of morpholine rings is 1. The zero-order valence-electron chi connectivity index (χ0n) is 11.1. The van der Waals surface area contributed by atoms with Gasteiger partial charge in [0.1, 0.15) is 0 Å². The van der Waals surface area contributed by atoms with Gasteiger partial charge >= 0.3 is 0 Å². The van der Waals surface area contributed by atoms with E-state index in [9.17, 15) is 8.42 Å². The van der Waals surface area contributed by atoms with Gasteiger partial charge in [-0.1, -0.05) is 12.1 Å². The Hall–Kier alpha value is -0.950. The van der Waals surface area contributed by atoms with E-state index >= 15 is 0 Å². The second-order valence-electron chi connectivity index (χ2n) is 4.88. The van der Waals surface area contributed by atoms with Crippen molar-refractivity contribution in [3.8, 4) is 0 Å². The number of ether oxygens (including phenoxy) is 1. The summed E-state index contributed by atoms with van der Waals surface area (Å²) < 4.78 is 32.0. The lowest BCUT2D eigenvalue weighted by Gasteiger charge is -2.34. The van der Waals surface area contributed by atoms with Crippen LogP contribution in [0.2, 0.25) is 0 Å². The Bertz CT molecular complexity index is 516. The van der Waals surface area contributed by atoms with E-state index in [1.165, 1.54) is 16.4 Å². The van der Waals surface area contributed by atoms with Crippen molar-refractivity contribution in [1.29, 1.82) is 0 Å². The maximum atomic E-state index is 12.5. The highest BCUT2D eigenvalue weighted by Gasteiger charge is 2.31. The van der Waals surface area contributed by atoms with Gasteiger partial charge in [-0.05, 0) is 31.5 Å². The first kappa shape index (κ1) is 14.5. The monoisotopic (exact) mass is 285 g/mol. The van der Waals surface area contributed by atoms with Crippen LogP contribution in [0.3, 0.4) is 0 Å². The molecule has 0 aromatic heterocycles. The number of nitrogens with zero attached hydrogens (tertiary/aromatic N) is 1. The van der Waals surface area contributed by atoms with Crippen LogP contribution in [-0.2, 0) is 21.4 Å². The molecule has 0 unspecified atom stereocenters. The van der Waals surface area contributed by atoms with Crippen LogP contribution in [0.25, 0.3) is 0 Å². The minimum absolute atomic E-state index is 0.0913. The number of benzene rings is 1. The van der Waals surface area contributed by atoms with Crippen molar-refractivity contribution in [2.45, 2.75) is 37.6 Å². The highest BCUT2D eigenvalue weighted by Crippen LogP contribution is 2.21. The van der Waals surface area contributed by atoms with Crippen LogP contribution in [0.4, 0.5) is 0 Å². The van der Waals surface area contributed by atoms with Crippen molar-refractivity contribution < 1.29 is 18.3 Å². The molecule has 0 saturated carbocycles. The van der Waals surface area contributed by atoms with Gasteiger partial charge in [0.05, 0.1) is 23.7 Å². The molecule has 0 bridgehead atoms. The van der Waals surface area contributed by atoms with Crippen molar-refractivity contribution in [1.82, 2.24) is 4.31 Å². The highest BCUT2D eigenvalue weighted by atomic mass is 32.2. The van der Waals surface area contributed by atoms with Gasteiger partial charge in [0, 0.05) is 13.1 Å². The first-order valence-electron chi connectivity index (χ1n) is 6.29. The highest BCUT2D eigenvalue weighted by molar-refractivity contribution is 7.89. The van der Waals surface area contributed by atoms with E-state index in [0.717, 1.165) is 0 Å². The third-order valence-electron chi connectivity index (χ3n) is 3.13. The quantitative estimate of drug-likeness (QED) is 0.899. The Morgan fingerprint density at radius 1 is 1.21 bits per heavy atom. The second-order valence-corrected chi connectivity index (χ2v) is 6.82. The predicted octanol–water partition coefficient (Wildman–Crippen LogP) is 0.977. The molecule has 2 rings (SSSR count). The first-order chi connectivity index (χ1) is 8.93. The molecule has 1 fully saturated rings. The minimum atomic E-state index is -3.48. The summed E-state index contributed by atoms with van der Waals surface area (Å²) in [6, 6.07) is 6.32. The smallest absolute Gasteiger partial charge is 0.243 e. The number of aliphatic hydroxyl groups is 1. The molecule has 2 atom stereocenters. The molecule has 19 heavy (non-hydrogen) atoms. The van der Waals surface area contributed by atoms with Crippen molar-refractivity contribution in [2.24, 2.45) is 0 Å². The molecular formula is C13H19NO4S. The lowest BCUT2D eigenvalue weighted by atomic mass is 10.2. The second kappa shape index (κ2) is 5.58. The van der Waals surface area contributed by atoms with Gasteiger partial charge in [-0.25, -0.2) is 8.42 Å². The van der Waals surface area contributed by atoms with Crippen LogP contribution in [0.5, 0.6) is 0 Å². The average Bonchev–Trinajstić information content (AvgIpc) is 2.37. The Morgan fingerprint density at radius 3 is 2.21 bits per heavy atom. The van der Waals surface area contributed by atoms with E-state index in [1.54, 1.807) is 12.1 Å². The number of sulfonamides is 1. The topological polar surface area (TPSA) is 66.8 Å². The minimum Gasteiger partial charge on any atom is -0.392 e. The van der Waals surface area contributed by atoms with Crippen LogP contribution in [-0.4, -0.2) is 43.1 Å². The Labute approximate surface area is 113 Å². The van der Waals surface area contributed by atoms with E-state index in [2.05, 4.69) is 0 Å². The van der Waals surface area contributed by atoms with Crippen molar-refractivity contribution in [2.75, 3.05) is 13.1 Å². The predicted molar refractivity (Wildman–Crippen MR) is 71.1 cm³/mol. The summed E-state index contributed by atoms with van der Waals surface area (Å²) in [5.41, 5.74) is 0.697. The van der Waals surface area contributed by atoms with Gasteiger partial charge in [-0.15, -0.1) is 0 Å². The SMILES string of the molecule is C[C@@H]1CN(S(=O)(=O)c2ccc(CO)cc2)C[C@H](C)O1. The summed E-state index contributed by atoms with van der Waals surface area (Å²) in [5.74, 6) is 0. The van der Waals surface area contributed by atoms with Crippen LogP contribution < -0.4 is 0 Å². The van der Waals surface area contributed by atoms with Gasteiger partial charge in [-0.3, -0.25) is 0 Å². The third-order valence-corrected chi connectivity index (χ3v) is 4.98. The van der Waals surface area contributed by atoms with E-state index in [0.29, 0.717) is 18.7 Å². The summed E-state index contributed by atoms with van der Waals surface area (Å²) in [4.78, 5) is 0.256. The van der Waals surface area contributed by atoms with E-state index < -0.39 is 10.0 Å². The fourth-order valence-corrected chi connectivity index (χ4v) is 3.83. The standard InChI is InChI=1S/C13H19NO4S/c1-10-7-14(8-11(2)18-10)19(16,17)13-5-3-12(9-15)4-6-13/h3-6,10-11,15H,7-9H2,1-2H3/t10-,11+. The lowest BCUT2D eigenvalue weighted by molar-refractivity contribution is -0.0440. The molecule has 1 aliphatic rings. The fourth-order valence-electron chi connectivity index (χ4n) is 2.24.